The number of benzene rings is 2. The molecule has 1 N–H and O–H groups in total. The van der Waals surface area contributed by atoms with Gasteiger partial charge in [-0.1, -0.05) is 54.6 Å². The smallest absolute Gasteiger partial charge is 0.167 e. The standard InChI is InChI=1S/C18H19NO2/c20-17(15-4-2-1-3-5-15)12-14-6-8-16(9-7-14)18-13-19-10-11-21-18/h1-9,18-19H,10-13H2. The summed E-state index contributed by atoms with van der Waals surface area (Å²) in [7, 11) is 0. The van der Waals surface area contributed by atoms with Crippen LogP contribution < -0.4 is 5.32 Å². The predicted octanol–water partition coefficient (Wildman–Crippen LogP) is 2.77. The van der Waals surface area contributed by atoms with Gasteiger partial charge in [0.1, 0.15) is 0 Å². The van der Waals surface area contributed by atoms with Crippen LogP contribution in [-0.2, 0) is 11.2 Å². The molecule has 1 atom stereocenters. The second kappa shape index (κ2) is 6.66. The molecule has 2 aromatic carbocycles. The average molecular weight is 281 g/mol. The van der Waals surface area contributed by atoms with Gasteiger partial charge in [0.2, 0.25) is 0 Å². The Morgan fingerprint density at radius 2 is 1.86 bits per heavy atom. The molecule has 3 heteroatoms. The Labute approximate surface area is 124 Å². The van der Waals surface area contributed by atoms with Crippen molar-refractivity contribution in [3.8, 4) is 0 Å². The molecule has 1 aliphatic heterocycles. The maximum absolute atomic E-state index is 12.2. The van der Waals surface area contributed by atoms with Gasteiger partial charge in [0.05, 0.1) is 12.7 Å². The molecule has 1 aliphatic rings. The molecule has 1 fully saturated rings. The Morgan fingerprint density at radius 3 is 2.52 bits per heavy atom. The van der Waals surface area contributed by atoms with Gasteiger partial charge in [-0.15, -0.1) is 0 Å². The van der Waals surface area contributed by atoms with Crippen molar-refractivity contribution in [2.45, 2.75) is 12.5 Å². The van der Waals surface area contributed by atoms with Crippen molar-refractivity contribution in [3.05, 3.63) is 71.3 Å². The molecule has 1 saturated heterocycles. The molecular formula is C18H19NO2. The first-order valence-corrected chi connectivity index (χ1v) is 7.32. The fourth-order valence-corrected chi connectivity index (χ4v) is 2.54. The van der Waals surface area contributed by atoms with Crippen molar-refractivity contribution in [2.24, 2.45) is 0 Å². The zero-order valence-electron chi connectivity index (χ0n) is 11.9. The zero-order chi connectivity index (χ0) is 14.5. The highest BCUT2D eigenvalue weighted by Gasteiger charge is 2.15. The fourth-order valence-electron chi connectivity index (χ4n) is 2.54. The van der Waals surface area contributed by atoms with Crippen molar-refractivity contribution in [3.63, 3.8) is 0 Å². The highest BCUT2D eigenvalue weighted by atomic mass is 16.5. The maximum atomic E-state index is 12.2. The van der Waals surface area contributed by atoms with E-state index in [0.29, 0.717) is 6.42 Å². The van der Waals surface area contributed by atoms with Crippen molar-refractivity contribution < 1.29 is 9.53 Å². The number of carbonyl (C=O) groups is 1. The van der Waals surface area contributed by atoms with Crippen LogP contribution in [0.25, 0.3) is 0 Å². The number of rotatable bonds is 4. The highest BCUT2D eigenvalue weighted by Crippen LogP contribution is 2.19. The van der Waals surface area contributed by atoms with Gasteiger partial charge in [0.15, 0.2) is 5.78 Å². The van der Waals surface area contributed by atoms with Crippen LogP contribution >= 0.6 is 0 Å². The fraction of sp³-hybridized carbons (Fsp3) is 0.278. The molecule has 0 aliphatic carbocycles. The van der Waals surface area contributed by atoms with Gasteiger partial charge >= 0.3 is 0 Å². The van der Waals surface area contributed by atoms with Gasteiger partial charge in [0.25, 0.3) is 0 Å². The molecule has 3 rings (SSSR count). The minimum atomic E-state index is 0.123. The molecule has 0 amide bonds. The van der Waals surface area contributed by atoms with Crippen molar-refractivity contribution in [1.29, 1.82) is 0 Å². The van der Waals surface area contributed by atoms with Crippen molar-refractivity contribution in [2.75, 3.05) is 19.7 Å². The summed E-state index contributed by atoms with van der Waals surface area (Å²) >= 11 is 0. The first-order valence-electron chi connectivity index (χ1n) is 7.32. The Kier molecular flexibility index (Phi) is 4.43. The van der Waals surface area contributed by atoms with Gasteiger partial charge < -0.3 is 10.1 Å². The van der Waals surface area contributed by atoms with Crippen LogP contribution in [0.4, 0.5) is 0 Å². The van der Waals surface area contributed by atoms with E-state index >= 15 is 0 Å². The monoisotopic (exact) mass is 281 g/mol. The molecule has 3 nitrogen and oxygen atoms in total. The van der Waals surface area contributed by atoms with E-state index in [2.05, 4.69) is 17.4 Å². The number of hydrogen-bond acceptors (Lipinski definition) is 3. The van der Waals surface area contributed by atoms with Gasteiger partial charge in [0, 0.05) is 25.1 Å². The first-order chi connectivity index (χ1) is 10.3. The normalized spacial score (nSPS) is 18.4. The summed E-state index contributed by atoms with van der Waals surface area (Å²) in [5.74, 6) is 0.152. The molecule has 21 heavy (non-hydrogen) atoms. The van der Waals surface area contributed by atoms with Crippen molar-refractivity contribution in [1.82, 2.24) is 5.32 Å². The van der Waals surface area contributed by atoms with Crippen LogP contribution in [0.2, 0.25) is 0 Å². The average Bonchev–Trinajstić information content (AvgIpc) is 2.57. The van der Waals surface area contributed by atoms with Crippen LogP contribution in [0, 0.1) is 0 Å². The number of hydrogen-bond donors (Lipinski definition) is 1. The second-order valence-corrected chi connectivity index (χ2v) is 5.27. The van der Waals surface area contributed by atoms with Gasteiger partial charge in [-0.3, -0.25) is 4.79 Å². The lowest BCUT2D eigenvalue weighted by molar-refractivity contribution is 0.0277. The minimum absolute atomic E-state index is 0.123. The van der Waals surface area contributed by atoms with E-state index in [0.717, 1.165) is 36.4 Å². The summed E-state index contributed by atoms with van der Waals surface area (Å²) in [6.45, 7) is 2.52. The van der Waals surface area contributed by atoms with Gasteiger partial charge in [-0.25, -0.2) is 0 Å². The van der Waals surface area contributed by atoms with Crippen LogP contribution in [0.15, 0.2) is 54.6 Å². The van der Waals surface area contributed by atoms with Crippen molar-refractivity contribution >= 4 is 5.78 Å². The highest BCUT2D eigenvalue weighted by molar-refractivity contribution is 5.97. The number of carbonyl (C=O) groups excluding carboxylic acids is 1. The van der Waals surface area contributed by atoms with E-state index < -0.39 is 0 Å². The van der Waals surface area contributed by atoms with E-state index in [-0.39, 0.29) is 11.9 Å². The molecule has 1 heterocycles. The largest absolute Gasteiger partial charge is 0.371 e. The summed E-state index contributed by atoms with van der Waals surface area (Å²) in [5.41, 5.74) is 2.97. The molecule has 1 unspecified atom stereocenters. The summed E-state index contributed by atoms with van der Waals surface area (Å²) in [6, 6.07) is 17.6. The molecule has 0 aromatic heterocycles. The quantitative estimate of drug-likeness (QED) is 0.876. The number of Topliss-reactive ketones (excluding diaryl/α,β-unsaturated/α-hetero) is 1. The Balaban J connectivity index is 1.65. The van der Waals surface area contributed by atoms with E-state index in [4.69, 9.17) is 4.74 Å². The lowest BCUT2D eigenvalue weighted by Gasteiger charge is -2.24. The SMILES string of the molecule is O=C(Cc1ccc(C2CNCCO2)cc1)c1ccccc1. The summed E-state index contributed by atoms with van der Waals surface area (Å²) in [4.78, 5) is 12.2. The summed E-state index contributed by atoms with van der Waals surface area (Å²) in [5, 5.41) is 3.32. The van der Waals surface area contributed by atoms with Crippen LogP contribution in [-0.4, -0.2) is 25.5 Å². The zero-order valence-corrected chi connectivity index (χ0v) is 11.9. The minimum Gasteiger partial charge on any atom is -0.371 e. The van der Waals surface area contributed by atoms with Crippen LogP contribution in [0.3, 0.4) is 0 Å². The summed E-state index contributed by atoms with van der Waals surface area (Å²) < 4.78 is 5.72. The third kappa shape index (κ3) is 3.57. The summed E-state index contributed by atoms with van der Waals surface area (Å²) in [6.07, 6.45) is 0.561. The molecule has 0 radical (unpaired) electrons. The number of ketones is 1. The maximum Gasteiger partial charge on any atom is 0.167 e. The molecular weight excluding hydrogens is 262 g/mol. The van der Waals surface area contributed by atoms with E-state index in [1.54, 1.807) is 0 Å². The third-order valence-corrected chi connectivity index (χ3v) is 3.74. The Bertz CT molecular complexity index is 586. The van der Waals surface area contributed by atoms with Crippen LogP contribution in [0.1, 0.15) is 27.6 Å². The molecule has 2 aromatic rings. The van der Waals surface area contributed by atoms with E-state index in [1.807, 2.05) is 42.5 Å². The Morgan fingerprint density at radius 1 is 1.10 bits per heavy atom. The van der Waals surface area contributed by atoms with Crippen LogP contribution in [0.5, 0.6) is 0 Å². The van der Waals surface area contributed by atoms with Gasteiger partial charge in [-0.05, 0) is 11.1 Å². The van der Waals surface area contributed by atoms with E-state index in [1.165, 1.54) is 0 Å². The lowest BCUT2D eigenvalue weighted by atomic mass is 10.0. The number of nitrogens with one attached hydrogen (secondary N) is 1. The third-order valence-electron chi connectivity index (χ3n) is 3.74. The topological polar surface area (TPSA) is 38.3 Å². The molecule has 0 bridgehead atoms. The predicted molar refractivity (Wildman–Crippen MR) is 82.5 cm³/mol. The second-order valence-electron chi connectivity index (χ2n) is 5.27. The lowest BCUT2D eigenvalue weighted by Crippen LogP contribution is -2.33. The molecule has 0 spiro atoms. The van der Waals surface area contributed by atoms with Gasteiger partial charge in [-0.2, -0.15) is 0 Å². The van der Waals surface area contributed by atoms with E-state index in [9.17, 15) is 4.79 Å². The first kappa shape index (κ1) is 14.0. The molecule has 108 valence electrons. The molecule has 0 saturated carbocycles. The number of morpholine rings is 1. The Hall–Kier alpha value is -1.97. The number of ether oxygens (including phenoxy) is 1.